The van der Waals surface area contributed by atoms with Crippen molar-refractivity contribution in [3.8, 4) is 16.9 Å². The molecule has 0 spiro atoms. The summed E-state index contributed by atoms with van der Waals surface area (Å²) < 4.78 is 23.3. The summed E-state index contributed by atoms with van der Waals surface area (Å²) in [6.07, 6.45) is 6.42. The summed E-state index contributed by atoms with van der Waals surface area (Å²) in [5.74, 6) is -0.0578. The zero-order valence-corrected chi connectivity index (χ0v) is 21.6. The first kappa shape index (κ1) is 25.6. The van der Waals surface area contributed by atoms with E-state index in [0.717, 1.165) is 22.5 Å². The number of amides is 2. The van der Waals surface area contributed by atoms with Crippen LogP contribution >= 0.6 is 0 Å². The Morgan fingerprint density at radius 2 is 2.00 bits per heavy atom. The van der Waals surface area contributed by atoms with E-state index in [4.69, 9.17) is 9.84 Å². The van der Waals surface area contributed by atoms with Crippen molar-refractivity contribution in [3.63, 3.8) is 0 Å². The SMILES string of the molecule is COCCN1CC(NC(=O)Nc2c(C)c(-c3cnn(C)c3)nn2-c2ccccc2)C(c2ccncc2F)C1. The molecule has 2 N–H and O–H groups in total. The maximum atomic E-state index is 14.7. The van der Waals surface area contributed by atoms with Crippen LogP contribution in [0.1, 0.15) is 17.0 Å². The summed E-state index contributed by atoms with van der Waals surface area (Å²) in [7, 11) is 3.50. The Hall–Kier alpha value is -4.09. The lowest BCUT2D eigenvalue weighted by molar-refractivity contribution is 0.159. The lowest BCUT2D eigenvalue weighted by Crippen LogP contribution is -2.42. The topological polar surface area (TPSA) is 102 Å². The van der Waals surface area contributed by atoms with Crippen molar-refractivity contribution < 1.29 is 13.9 Å². The lowest BCUT2D eigenvalue weighted by Gasteiger charge is -2.21. The fourth-order valence-electron chi connectivity index (χ4n) is 4.96. The molecule has 3 aromatic heterocycles. The highest BCUT2D eigenvalue weighted by Gasteiger charge is 2.36. The molecule has 1 saturated heterocycles. The second-order valence-electron chi connectivity index (χ2n) is 9.43. The second-order valence-corrected chi connectivity index (χ2v) is 9.43. The molecule has 11 heteroatoms. The van der Waals surface area contributed by atoms with Crippen LogP contribution < -0.4 is 10.6 Å². The summed E-state index contributed by atoms with van der Waals surface area (Å²) in [6.45, 7) is 4.33. The molecule has 1 aromatic carbocycles. The molecule has 1 fully saturated rings. The van der Waals surface area contributed by atoms with Gasteiger partial charge in [-0.1, -0.05) is 18.2 Å². The molecule has 1 aliphatic heterocycles. The molecule has 4 heterocycles. The number of nitrogens with zero attached hydrogens (tertiary/aromatic N) is 6. The molecule has 5 rings (SSSR count). The number of anilines is 1. The van der Waals surface area contributed by atoms with Crippen LogP contribution in [0.15, 0.2) is 61.2 Å². The minimum absolute atomic E-state index is 0.230. The van der Waals surface area contributed by atoms with Gasteiger partial charge in [0.15, 0.2) is 0 Å². The highest BCUT2D eigenvalue weighted by atomic mass is 19.1. The molecule has 0 aliphatic carbocycles. The number of urea groups is 1. The van der Waals surface area contributed by atoms with Gasteiger partial charge in [-0.15, -0.1) is 0 Å². The largest absolute Gasteiger partial charge is 0.383 e. The molecule has 198 valence electrons. The monoisotopic (exact) mass is 518 g/mol. The number of halogens is 1. The Balaban J connectivity index is 1.42. The molecule has 2 amide bonds. The molecule has 38 heavy (non-hydrogen) atoms. The second kappa shape index (κ2) is 11.1. The summed E-state index contributed by atoms with van der Waals surface area (Å²) in [4.78, 5) is 19.5. The number of para-hydroxylation sites is 1. The van der Waals surface area contributed by atoms with E-state index in [1.165, 1.54) is 6.20 Å². The van der Waals surface area contributed by atoms with Crippen molar-refractivity contribution in [3.05, 3.63) is 78.1 Å². The van der Waals surface area contributed by atoms with Gasteiger partial charge in [0.25, 0.3) is 0 Å². The van der Waals surface area contributed by atoms with E-state index in [0.29, 0.717) is 37.6 Å². The molecule has 1 aliphatic rings. The van der Waals surface area contributed by atoms with E-state index in [1.807, 2.05) is 50.5 Å². The minimum Gasteiger partial charge on any atom is -0.383 e. The third-order valence-electron chi connectivity index (χ3n) is 6.86. The van der Waals surface area contributed by atoms with Crippen molar-refractivity contribution in [1.82, 2.24) is 34.8 Å². The number of carbonyl (C=O) groups excluding carboxylic acids is 1. The summed E-state index contributed by atoms with van der Waals surface area (Å²) in [5.41, 5.74) is 3.72. The van der Waals surface area contributed by atoms with Gasteiger partial charge in [-0.05, 0) is 30.7 Å². The third-order valence-corrected chi connectivity index (χ3v) is 6.86. The molecular formula is C27H31FN8O2. The van der Waals surface area contributed by atoms with Crippen molar-refractivity contribution in [1.29, 1.82) is 0 Å². The van der Waals surface area contributed by atoms with Crippen molar-refractivity contribution >= 4 is 11.8 Å². The molecule has 2 unspecified atom stereocenters. The van der Waals surface area contributed by atoms with E-state index in [1.54, 1.807) is 34.9 Å². The van der Waals surface area contributed by atoms with Gasteiger partial charge in [0.1, 0.15) is 17.3 Å². The van der Waals surface area contributed by atoms with Crippen LogP contribution in [-0.2, 0) is 11.8 Å². The van der Waals surface area contributed by atoms with Crippen LogP contribution in [0, 0.1) is 12.7 Å². The predicted octanol–water partition coefficient (Wildman–Crippen LogP) is 3.35. The van der Waals surface area contributed by atoms with Crippen LogP contribution in [0.5, 0.6) is 0 Å². The van der Waals surface area contributed by atoms with Crippen LogP contribution in [-0.4, -0.2) is 74.9 Å². The number of nitrogens with one attached hydrogen (secondary N) is 2. The number of pyridine rings is 1. The number of benzene rings is 1. The minimum atomic E-state index is -0.388. The van der Waals surface area contributed by atoms with Gasteiger partial charge in [-0.3, -0.25) is 19.9 Å². The average Bonchev–Trinajstić information content (AvgIpc) is 3.61. The Kier molecular flexibility index (Phi) is 7.47. The lowest BCUT2D eigenvalue weighted by atomic mass is 9.95. The predicted molar refractivity (Wildman–Crippen MR) is 142 cm³/mol. The van der Waals surface area contributed by atoms with Crippen molar-refractivity contribution in [2.45, 2.75) is 18.9 Å². The molecule has 10 nitrogen and oxygen atoms in total. The summed E-state index contributed by atoms with van der Waals surface area (Å²) in [5, 5.41) is 15.2. The van der Waals surface area contributed by atoms with E-state index >= 15 is 0 Å². The van der Waals surface area contributed by atoms with Gasteiger partial charge in [0.05, 0.1) is 30.7 Å². The maximum Gasteiger partial charge on any atom is 0.320 e. The highest BCUT2D eigenvalue weighted by Crippen LogP contribution is 2.31. The molecule has 0 bridgehead atoms. The first-order chi connectivity index (χ1) is 18.4. The standard InChI is InChI=1S/C27H31FN8O2/c1-18-25(19-13-30-34(2)15-19)33-36(20-7-5-4-6-8-20)26(18)32-27(37)31-24-17-35(11-12-38-3)16-22(24)21-9-10-29-14-23(21)28/h4-10,13-15,22,24H,11-12,16-17H2,1-3H3,(H2,31,32,37). The van der Waals surface area contributed by atoms with Crippen LogP contribution in [0.25, 0.3) is 16.9 Å². The number of hydrogen-bond donors (Lipinski definition) is 2. The smallest absolute Gasteiger partial charge is 0.320 e. The third kappa shape index (κ3) is 5.29. The normalized spacial score (nSPS) is 17.6. The number of likely N-dealkylation sites (tertiary alicyclic amines) is 1. The zero-order valence-electron chi connectivity index (χ0n) is 21.6. The van der Waals surface area contributed by atoms with E-state index in [-0.39, 0.29) is 23.8 Å². The molecule has 0 radical (unpaired) electrons. The Labute approximate surface area is 220 Å². The van der Waals surface area contributed by atoms with Crippen LogP contribution in [0.3, 0.4) is 0 Å². The zero-order chi connectivity index (χ0) is 26.6. The summed E-state index contributed by atoms with van der Waals surface area (Å²) in [6, 6.07) is 10.6. The molecule has 2 atom stereocenters. The Morgan fingerprint density at radius 1 is 1.18 bits per heavy atom. The van der Waals surface area contributed by atoms with Gasteiger partial charge in [0.2, 0.25) is 0 Å². The van der Waals surface area contributed by atoms with Gasteiger partial charge in [-0.25, -0.2) is 13.9 Å². The van der Waals surface area contributed by atoms with Gasteiger partial charge < -0.3 is 10.1 Å². The fraction of sp³-hybridized carbons (Fsp3) is 0.333. The number of methoxy groups -OCH3 is 1. The number of aromatic nitrogens is 5. The molecule has 4 aromatic rings. The van der Waals surface area contributed by atoms with E-state index in [2.05, 4.69) is 25.6 Å². The van der Waals surface area contributed by atoms with Gasteiger partial charge in [-0.2, -0.15) is 10.2 Å². The van der Waals surface area contributed by atoms with Gasteiger partial charge in [0, 0.05) is 63.2 Å². The van der Waals surface area contributed by atoms with E-state index in [9.17, 15) is 9.18 Å². The van der Waals surface area contributed by atoms with Crippen molar-refractivity contribution in [2.24, 2.45) is 7.05 Å². The maximum absolute atomic E-state index is 14.7. The van der Waals surface area contributed by atoms with Gasteiger partial charge >= 0.3 is 6.03 Å². The number of rotatable bonds is 8. The average molecular weight is 519 g/mol. The summed E-state index contributed by atoms with van der Waals surface area (Å²) >= 11 is 0. The first-order valence-corrected chi connectivity index (χ1v) is 12.5. The van der Waals surface area contributed by atoms with Crippen LogP contribution in [0.2, 0.25) is 0 Å². The van der Waals surface area contributed by atoms with E-state index < -0.39 is 0 Å². The number of carbonyl (C=O) groups is 1. The Morgan fingerprint density at radius 3 is 2.71 bits per heavy atom. The molecular weight excluding hydrogens is 487 g/mol. The van der Waals surface area contributed by atoms with Crippen LogP contribution in [0.4, 0.5) is 15.0 Å². The molecule has 0 saturated carbocycles. The number of aryl methyl sites for hydroxylation is 1. The van der Waals surface area contributed by atoms with Crippen molar-refractivity contribution in [2.75, 3.05) is 38.7 Å². The quantitative estimate of drug-likeness (QED) is 0.371. The highest BCUT2D eigenvalue weighted by molar-refractivity contribution is 5.91. The first-order valence-electron chi connectivity index (χ1n) is 12.5. The fourth-order valence-corrected chi connectivity index (χ4v) is 4.96. The number of ether oxygens (including phenoxy) is 1. The Bertz CT molecular complexity index is 1400. The number of hydrogen-bond acceptors (Lipinski definition) is 6.